The molecule has 0 saturated carbocycles. The summed E-state index contributed by atoms with van der Waals surface area (Å²) in [6.45, 7) is 0.141. The van der Waals surface area contributed by atoms with Crippen LogP contribution < -0.4 is 10.6 Å². The van der Waals surface area contributed by atoms with Crippen LogP contribution in [0.15, 0.2) is 24.3 Å². The number of nitrogens with zero attached hydrogens (tertiary/aromatic N) is 1. The predicted molar refractivity (Wildman–Crippen MR) is 98.3 cm³/mol. The van der Waals surface area contributed by atoms with Crippen molar-refractivity contribution >= 4 is 11.8 Å². The Bertz CT molecular complexity index is 641. The molecule has 8 heteroatoms. The maximum atomic E-state index is 13.6. The average molecular weight is 381 g/mol. The molecule has 2 amide bonds. The molecule has 1 aromatic carbocycles. The van der Waals surface area contributed by atoms with Crippen molar-refractivity contribution in [3.8, 4) is 0 Å². The van der Waals surface area contributed by atoms with E-state index in [1.54, 1.807) is 37.2 Å². The van der Waals surface area contributed by atoms with Gasteiger partial charge in [0.2, 0.25) is 11.8 Å². The van der Waals surface area contributed by atoms with Gasteiger partial charge in [-0.05, 0) is 33.0 Å². The fraction of sp³-hybridized carbons (Fsp3) is 0.579. The number of nitrogens with one attached hydrogen (secondary N) is 2. The lowest BCUT2D eigenvalue weighted by molar-refractivity contribution is -0.136. The van der Waals surface area contributed by atoms with E-state index in [-0.39, 0.29) is 55.9 Å². The second kappa shape index (κ2) is 10.3. The van der Waals surface area contributed by atoms with E-state index in [0.717, 1.165) is 0 Å². The smallest absolute Gasteiger partial charge is 0.234 e. The van der Waals surface area contributed by atoms with Crippen LogP contribution in [-0.2, 0) is 20.9 Å². The van der Waals surface area contributed by atoms with Gasteiger partial charge in [0.15, 0.2) is 0 Å². The van der Waals surface area contributed by atoms with Crippen LogP contribution in [0.4, 0.5) is 4.39 Å². The molecule has 3 atom stereocenters. The normalized spacial score (nSPS) is 22.5. The van der Waals surface area contributed by atoms with Crippen molar-refractivity contribution in [2.75, 3.05) is 27.2 Å². The van der Waals surface area contributed by atoms with Crippen LogP contribution in [0.25, 0.3) is 0 Å². The first-order valence-electron chi connectivity index (χ1n) is 9.09. The summed E-state index contributed by atoms with van der Waals surface area (Å²) in [6.07, 6.45) is 0.453. The lowest BCUT2D eigenvalue weighted by Crippen LogP contribution is -2.52. The number of hydrogen-bond donors (Lipinski definition) is 3. The van der Waals surface area contributed by atoms with Gasteiger partial charge < -0.3 is 25.4 Å². The molecule has 0 aliphatic carbocycles. The summed E-state index contributed by atoms with van der Waals surface area (Å²) in [4.78, 5) is 25.8. The highest BCUT2D eigenvalue weighted by molar-refractivity contribution is 5.78. The third kappa shape index (κ3) is 6.89. The van der Waals surface area contributed by atoms with Crippen molar-refractivity contribution in [2.45, 2.75) is 44.1 Å². The van der Waals surface area contributed by atoms with Gasteiger partial charge in [0.1, 0.15) is 11.9 Å². The summed E-state index contributed by atoms with van der Waals surface area (Å²) in [5.41, 5.74) is 0.423. The first-order chi connectivity index (χ1) is 12.9. The van der Waals surface area contributed by atoms with Gasteiger partial charge in [-0.15, -0.1) is 0 Å². The highest BCUT2D eigenvalue weighted by Crippen LogP contribution is 2.22. The molecule has 0 bridgehead atoms. The van der Waals surface area contributed by atoms with E-state index < -0.39 is 6.10 Å². The van der Waals surface area contributed by atoms with Gasteiger partial charge in [-0.3, -0.25) is 9.59 Å². The van der Waals surface area contributed by atoms with Gasteiger partial charge >= 0.3 is 0 Å². The zero-order valence-corrected chi connectivity index (χ0v) is 15.8. The number of benzene rings is 1. The van der Waals surface area contributed by atoms with E-state index in [1.807, 2.05) is 0 Å². The molecule has 1 heterocycles. The Morgan fingerprint density at radius 3 is 2.67 bits per heavy atom. The lowest BCUT2D eigenvalue weighted by atomic mass is 9.97. The number of amides is 2. The molecule has 27 heavy (non-hydrogen) atoms. The Labute approximate surface area is 158 Å². The van der Waals surface area contributed by atoms with Crippen molar-refractivity contribution < 1.29 is 23.8 Å². The predicted octanol–water partition coefficient (Wildman–Crippen LogP) is 0.418. The molecule has 2 rings (SSSR count). The molecular formula is C19H28FN3O4. The number of aliphatic hydroxyl groups is 1. The first kappa shape index (κ1) is 21.3. The molecule has 0 radical (unpaired) electrons. The number of halogens is 1. The number of carbonyl (C=O) groups is 2. The minimum Gasteiger partial charge on any atom is -0.394 e. The van der Waals surface area contributed by atoms with E-state index in [0.29, 0.717) is 18.4 Å². The molecule has 1 fully saturated rings. The lowest BCUT2D eigenvalue weighted by Gasteiger charge is -2.36. The Morgan fingerprint density at radius 1 is 1.26 bits per heavy atom. The Hall–Kier alpha value is -2.03. The largest absolute Gasteiger partial charge is 0.394 e. The Kier molecular flexibility index (Phi) is 8.15. The number of aliphatic hydroxyl groups excluding tert-OH is 1. The molecular weight excluding hydrogens is 353 g/mol. The van der Waals surface area contributed by atoms with Gasteiger partial charge in [0.05, 0.1) is 31.7 Å². The van der Waals surface area contributed by atoms with Gasteiger partial charge in [0.25, 0.3) is 0 Å². The van der Waals surface area contributed by atoms with E-state index in [9.17, 15) is 19.1 Å². The minimum atomic E-state index is -0.547. The Balaban J connectivity index is 1.79. The van der Waals surface area contributed by atoms with E-state index in [4.69, 9.17) is 4.74 Å². The summed E-state index contributed by atoms with van der Waals surface area (Å²) in [6, 6.07) is 6.00. The average Bonchev–Trinajstić information content (AvgIpc) is 2.61. The fourth-order valence-corrected chi connectivity index (χ4v) is 3.10. The van der Waals surface area contributed by atoms with Crippen LogP contribution in [-0.4, -0.2) is 67.3 Å². The van der Waals surface area contributed by atoms with Crippen LogP contribution in [0.1, 0.15) is 24.8 Å². The van der Waals surface area contributed by atoms with Crippen molar-refractivity contribution in [1.29, 1.82) is 0 Å². The van der Waals surface area contributed by atoms with Gasteiger partial charge in [-0.2, -0.15) is 0 Å². The molecule has 7 nitrogen and oxygen atoms in total. The van der Waals surface area contributed by atoms with E-state index in [2.05, 4.69) is 10.6 Å². The highest BCUT2D eigenvalue weighted by atomic mass is 19.1. The standard InChI is InChI=1S/C19H28FN3O4/c1-23(2)11-19(26)22-16-8-7-14(27-17(16)12-24)9-18(25)21-10-13-5-3-4-6-15(13)20/h3-6,14,16-17,24H,7-12H2,1-2H3,(H,21,25)(H,22,26)/t14-,16-,17-/m0/s1. The molecule has 0 aromatic heterocycles. The molecule has 3 N–H and O–H groups in total. The SMILES string of the molecule is CN(C)CC(=O)N[C@H]1CC[C@@H](CC(=O)NCc2ccccc2F)O[C@H]1CO. The Morgan fingerprint density at radius 2 is 2.00 bits per heavy atom. The summed E-state index contributed by atoms with van der Waals surface area (Å²) in [5, 5.41) is 15.1. The van der Waals surface area contributed by atoms with Crippen molar-refractivity contribution in [3.63, 3.8) is 0 Å². The molecule has 1 saturated heterocycles. The van der Waals surface area contributed by atoms with Crippen LogP contribution in [0.3, 0.4) is 0 Å². The molecule has 150 valence electrons. The molecule has 1 aliphatic rings. The maximum absolute atomic E-state index is 13.6. The molecule has 1 aliphatic heterocycles. The van der Waals surface area contributed by atoms with Gasteiger partial charge in [-0.1, -0.05) is 18.2 Å². The second-order valence-electron chi connectivity index (χ2n) is 7.04. The number of likely N-dealkylation sites (N-methyl/N-ethyl adjacent to an activating group) is 1. The molecule has 1 aromatic rings. The zero-order valence-electron chi connectivity index (χ0n) is 15.8. The quantitative estimate of drug-likeness (QED) is 0.607. The van der Waals surface area contributed by atoms with E-state index >= 15 is 0 Å². The molecule has 0 spiro atoms. The van der Waals surface area contributed by atoms with Crippen LogP contribution in [0.5, 0.6) is 0 Å². The van der Waals surface area contributed by atoms with E-state index in [1.165, 1.54) is 6.07 Å². The van der Waals surface area contributed by atoms with Crippen LogP contribution >= 0.6 is 0 Å². The first-order valence-corrected chi connectivity index (χ1v) is 9.09. The topological polar surface area (TPSA) is 90.9 Å². The monoisotopic (exact) mass is 381 g/mol. The summed E-state index contributed by atoms with van der Waals surface area (Å²) in [7, 11) is 3.60. The molecule has 0 unspecified atom stereocenters. The number of hydrogen-bond acceptors (Lipinski definition) is 5. The fourth-order valence-electron chi connectivity index (χ4n) is 3.10. The zero-order chi connectivity index (χ0) is 19.8. The van der Waals surface area contributed by atoms with Crippen LogP contribution in [0, 0.1) is 5.82 Å². The minimum absolute atomic E-state index is 0.116. The number of carbonyl (C=O) groups excluding carboxylic acids is 2. The highest BCUT2D eigenvalue weighted by Gasteiger charge is 2.32. The van der Waals surface area contributed by atoms with Crippen molar-refractivity contribution in [1.82, 2.24) is 15.5 Å². The second-order valence-corrected chi connectivity index (χ2v) is 7.04. The third-order valence-electron chi connectivity index (χ3n) is 4.45. The van der Waals surface area contributed by atoms with Crippen molar-refractivity contribution in [3.05, 3.63) is 35.6 Å². The van der Waals surface area contributed by atoms with Gasteiger partial charge in [0, 0.05) is 12.1 Å². The van der Waals surface area contributed by atoms with Gasteiger partial charge in [-0.25, -0.2) is 4.39 Å². The summed E-state index contributed by atoms with van der Waals surface area (Å²) >= 11 is 0. The number of rotatable bonds is 8. The summed E-state index contributed by atoms with van der Waals surface area (Å²) in [5.74, 6) is -0.730. The van der Waals surface area contributed by atoms with Crippen LogP contribution in [0.2, 0.25) is 0 Å². The number of ether oxygens (including phenoxy) is 1. The van der Waals surface area contributed by atoms with Crippen molar-refractivity contribution in [2.24, 2.45) is 0 Å². The maximum Gasteiger partial charge on any atom is 0.234 e. The summed E-state index contributed by atoms with van der Waals surface area (Å²) < 4.78 is 19.4. The third-order valence-corrected chi connectivity index (χ3v) is 4.45.